The van der Waals surface area contributed by atoms with Crippen LogP contribution in [0.1, 0.15) is 26.4 Å². The molecule has 1 heterocycles. The molecule has 0 radical (unpaired) electrons. The van der Waals surface area contributed by atoms with Crippen molar-refractivity contribution in [3.63, 3.8) is 0 Å². The van der Waals surface area contributed by atoms with Gasteiger partial charge >= 0.3 is 5.97 Å². The highest BCUT2D eigenvalue weighted by atomic mass is 16.5. The summed E-state index contributed by atoms with van der Waals surface area (Å²) in [4.78, 5) is 25.7. The van der Waals surface area contributed by atoms with Crippen LogP contribution in [0.15, 0.2) is 54.7 Å². The van der Waals surface area contributed by atoms with Gasteiger partial charge in [0.1, 0.15) is 0 Å². The molecule has 0 unspecified atom stereocenters. The van der Waals surface area contributed by atoms with E-state index >= 15 is 0 Å². The zero-order valence-corrected chi connectivity index (χ0v) is 14.7. The molecule has 0 aliphatic heterocycles. The van der Waals surface area contributed by atoms with Crippen molar-refractivity contribution >= 4 is 28.7 Å². The van der Waals surface area contributed by atoms with Gasteiger partial charge in [-0.2, -0.15) is 0 Å². The molecule has 3 aromatic rings. The van der Waals surface area contributed by atoms with Crippen LogP contribution >= 0.6 is 0 Å². The van der Waals surface area contributed by atoms with E-state index in [0.29, 0.717) is 17.9 Å². The first-order valence-electron chi connectivity index (χ1n) is 8.03. The summed E-state index contributed by atoms with van der Waals surface area (Å²) in [6.45, 7) is 0.500. The first-order valence-corrected chi connectivity index (χ1v) is 8.03. The molecule has 6 heteroatoms. The number of benzene rings is 2. The maximum atomic E-state index is 11.1. The Bertz CT molecular complexity index is 910. The molecular formula is C20H21N3O3. The van der Waals surface area contributed by atoms with Crippen LogP contribution in [0.5, 0.6) is 0 Å². The second-order valence-corrected chi connectivity index (χ2v) is 5.32. The lowest BCUT2D eigenvalue weighted by molar-refractivity contribution is 0.0595. The monoisotopic (exact) mass is 351 g/mol. The van der Waals surface area contributed by atoms with Gasteiger partial charge in [-0.1, -0.05) is 36.4 Å². The van der Waals surface area contributed by atoms with E-state index in [-0.39, 0.29) is 0 Å². The highest BCUT2D eigenvalue weighted by molar-refractivity contribution is 5.99. The Hall–Kier alpha value is -3.25. The molecule has 0 bridgehead atoms. The summed E-state index contributed by atoms with van der Waals surface area (Å²) in [6.07, 6.45) is 2.43. The topological polar surface area (TPSA) is 94.3 Å². The summed E-state index contributed by atoms with van der Waals surface area (Å²) < 4.78 is 4.54. The number of hydrogen-bond acceptors (Lipinski definition) is 6. The van der Waals surface area contributed by atoms with E-state index in [2.05, 4.69) is 15.0 Å². The van der Waals surface area contributed by atoms with Crippen LogP contribution < -0.4 is 11.1 Å². The number of aromatic nitrogens is 1. The van der Waals surface area contributed by atoms with E-state index in [1.54, 1.807) is 25.4 Å². The Kier molecular flexibility index (Phi) is 6.82. The highest BCUT2D eigenvalue weighted by Crippen LogP contribution is 2.21. The van der Waals surface area contributed by atoms with Crippen LogP contribution in [0.25, 0.3) is 10.8 Å². The van der Waals surface area contributed by atoms with E-state index in [1.807, 2.05) is 36.4 Å². The van der Waals surface area contributed by atoms with E-state index < -0.39 is 5.97 Å². The third-order valence-electron chi connectivity index (χ3n) is 3.85. The first-order chi connectivity index (χ1) is 12.7. The number of nitrogens with zero attached hydrogens (tertiary/aromatic N) is 1. The zero-order valence-electron chi connectivity index (χ0n) is 14.7. The number of pyridine rings is 1. The average Bonchev–Trinajstić information content (AvgIpc) is 2.72. The van der Waals surface area contributed by atoms with Gasteiger partial charge in [-0.3, -0.25) is 4.79 Å². The van der Waals surface area contributed by atoms with Crippen molar-refractivity contribution in [2.24, 2.45) is 5.73 Å². The molecular weight excluding hydrogens is 330 g/mol. The minimum Gasteiger partial charge on any atom is -0.464 e. The summed E-state index contributed by atoms with van der Waals surface area (Å²) in [5.74, 6) is -0.431. The molecule has 134 valence electrons. The van der Waals surface area contributed by atoms with Gasteiger partial charge in [-0.25, -0.2) is 9.78 Å². The first kappa shape index (κ1) is 19.1. The molecule has 1 aromatic heterocycles. The number of rotatable bonds is 4. The smallest absolute Gasteiger partial charge is 0.358 e. The number of fused-ring (bicyclic) bond motifs is 1. The molecule has 2 aromatic carbocycles. The van der Waals surface area contributed by atoms with Crippen LogP contribution in [0.2, 0.25) is 0 Å². The molecule has 0 saturated carbocycles. The third kappa shape index (κ3) is 4.23. The molecule has 0 saturated heterocycles. The maximum absolute atomic E-state index is 11.1. The summed E-state index contributed by atoms with van der Waals surface area (Å²) in [5, 5.41) is 4.89. The second kappa shape index (κ2) is 9.29. The van der Waals surface area contributed by atoms with Crippen molar-refractivity contribution in [3.05, 3.63) is 71.5 Å². The molecule has 3 rings (SSSR count). The predicted molar refractivity (Wildman–Crippen MR) is 102 cm³/mol. The molecule has 26 heavy (non-hydrogen) atoms. The molecule has 0 aliphatic rings. The second-order valence-electron chi connectivity index (χ2n) is 5.32. The number of nitrogens with one attached hydrogen (secondary N) is 1. The minimum absolute atomic E-state index is 0.308. The largest absolute Gasteiger partial charge is 0.464 e. The minimum atomic E-state index is -0.431. The number of methoxy groups -OCH3 is 1. The van der Waals surface area contributed by atoms with Crippen molar-refractivity contribution in [2.45, 2.75) is 6.54 Å². The van der Waals surface area contributed by atoms with Gasteiger partial charge in [0.05, 0.1) is 12.8 Å². The number of hydrogen-bond donors (Lipinski definition) is 2. The van der Waals surface area contributed by atoms with Crippen molar-refractivity contribution in [1.29, 1.82) is 0 Å². The summed E-state index contributed by atoms with van der Waals surface area (Å²) in [5.41, 5.74) is 8.39. The fraction of sp³-hybridized carbons (Fsp3) is 0.150. The number of nitrogens with two attached hydrogens (primary N) is 1. The molecule has 0 fully saturated rings. The standard InChI is InChI=1S/C12H11NO.C8H10N2O2/c13-7-9-5-6-10(8-14)12-4-2-1-3-11(9)12;1-9-6-4-3-5-10-7(6)8(11)12-2/h1-6,8H,7,13H2;3-5,9H,1-2H3. The van der Waals surface area contributed by atoms with Gasteiger partial charge in [0.15, 0.2) is 12.0 Å². The lowest BCUT2D eigenvalue weighted by Gasteiger charge is -2.05. The fourth-order valence-electron chi connectivity index (χ4n) is 2.53. The van der Waals surface area contributed by atoms with E-state index in [9.17, 15) is 9.59 Å². The van der Waals surface area contributed by atoms with Crippen molar-refractivity contribution < 1.29 is 14.3 Å². The van der Waals surface area contributed by atoms with E-state index in [1.165, 1.54) is 7.11 Å². The Labute approximate surface area is 152 Å². The number of ether oxygens (including phenoxy) is 1. The van der Waals surface area contributed by atoms with Gasteiger partial charge < -0.3 is 15.8 Å². The maximum Gasteiger partial charge on any atom is 0.358 e. The van der Waals surface area contributed by atoms with Gasteiger partial charge in [0, 0.05) is 25.4 Å². The number of anilines is 1. The van der Waals surface area contributed by atoms with Gasteiger partial charge in [-0.15, -0.1) is 0 Å². The van der Waals surface area contributed by atoms with Gasteiger partial charge in [0.2, 0.25) is 0 Å². The van der Waals surface area contributed by atoms with E-state index in [4.69, 9.17) is 5.73 Å². The number of carbonyl (C=O) groups is 2. The molecule has 0 aliphatic carbocycles. The lowest BCUT2D eigenvalue weighted by atomic mass is 10.0. The number of carbonyl (C=O) groups excluding carboxylic acids is 2. The Morgan fingerprint density at radius 3 is 2.50 bits per heavy atom. The predicted octanol–water partition coefficient (Wildman–Crippen LogP) is 3.02. The fourth-order valence-corrected chi connectivity index (χ4v) is 2.53. The van der Waals surface area contributed by atoms with Crippen LogP contribution in [0.4, 0.5) is 5.69 Å². The number of esters is 1. The van der Waals surface area contributed by atoms with Crippen LogP contribution in [-0.4, -0.2) is 31.4 Å². The van der Waals surface area contributed by atoms with Gasteiger partial charge in [0.25, 0.3) is 0 Å². The Morgan fingerprint density at radius 1 is 1.15 bits per heavy atom. The van der Waals surface area contributed by atoms with Crippen molar-refractivity contribution in [1.82, 2.24) is 4.98 Å². The number of aldehydes is 1. The summed E-state index contributed by atoms with van der Waals surface area (Å²) in [6, 6.07) is 15.1. The zero-order chi connectivity index (χ0) is 18.9. The van der Waals surface area contributed by atoms with Crippen LogP contribution in [-0.2, 0) is 11.3 Å². The molecule has 0 amide bonds. The van der Waals surface area contributed by atoms with Gasteiger partial charge in [-0.05, 0) is 28.5 Å². The van der Waals surface area contributed by atoms with Crippen LogP contribution in [0.3, 0.4) is 0 Å². The molecule has 0 atom stereocenters. The van der Waals surface area contributed by atoms with Crippen LogP contribution in [0, 0.1) is 0 Å². The van der Waals surface area contributed by atoms with Crippen molar-refractivity contribution in [3.8, 4) is 0 Å². The van der Waals surface area contributed by atoms with E-state index in [0.717, 1.165) is 28.2 Å². The quantitative estimate of drug-likeness (QED) is 0.554. The molecule has 0 spiro atoms. The Morgan fingerprint density at radius 2 is 1.88 bits per heavy atom. The third-order valence-corrected chi connectivity index (χ3v) is 3.85. The lowest BCUT2D eigenvalue weighted by Crippen LogP contribution is -2.07. The summed E-state index contributed by atoms with van der Waals surface area (Å²) in [7, 11) is 3.06. The van der Waals surface area contributed by atoms with Crippen molar-refractivity contribution in [2.75, 3.05) is 19.5 Å². The normalized spacial score (nSPS) is 9.81. The SMILES string of the molecule is CNc1cccnc1C(=O)OC.NCc1ccc(C=O)c2ccccc12. The average molecular weight is 351 g/mol. The highest BCUT2D eigenvalue weighted by Gasteiger charge is 2.10. The molecule has 3 N–H and O–H groups in total. The summed E-state index contributed by atoms with van der Waals surface area (Å²) >= 11 is 0. The Balaban J connectivity index is 0.000000190. The molecule has 6 nitrogen and oxygen atoms in total.